The zero-order valence-electron chi connectivity index (χ0n) is 17.0. The molecule has 2 aliphatic heterocycles. The smallest absolute Gasteiger partial charge is 0.0647 e. The van der Waals surface area contributed by atoms with Crippen molar-refractivity contribution in [2.24, 2.45) is 0 Å². The van der Waals surface area contributed by atoms with Gasteiger partial charge in [0.2, 0.25) is 0 Å². The molecule has 4 heterocycles. The highest BCUT2D eigenvalue weighted by Gasteiger charge is 2.26. The SMILES string of the molecule is Cc1ccnc(C2CNCCN2CCc2c(C)n3c4c(cccc24)CCC3)c1. The van der Waals surface area contributed by atoms with Crippen molar-refractivity contribution in [2.45, 2.75) is 45.7 Å². The summed E-state index contributed by atoms with van der Waals surface area (Å²) in [7, 11) is 0. The van der Waals surface area contributed by atoms with Gasteiger partial charge in [-0.05, 0) is 61.9 Å². The number of piperazine rings is 1. The third-order valence-corrected chi connectivity index (χ3v) is 6.67. The molecular weight excluding hydrogens is 344 g/mol. The van der Waals surface area contributed by atoms with Crippen molar-refractivity contribution in [1.82, 2.24) is 19.8 Å². The molecule has 0 saturated carbocycles. The summed E-state index contributed by atoms with van der Waals surface area (Å²) < 4.78 is 2.57. The summed E-state index contributed by atoms with van der Waals surface area (Å²) in [5.41, 5.74) is 8.54. The van der Waals surface area contributed by atoms with Crippen LogP contribution in [0.3, 0.4) is 0 Å². The van der Waals surface area contributed by atoms with E-state index >= 15 is 0 Å². The number of pyridine rings is 1. The fourth-order valence-electron chi connectivity index (χ4n) is 5.21. The number of benzene rings is 1. The minimum Gasteiger partial charge on any atom is -0.344 e. The summed E-state index contributed by atoms with van der Waals surface area (Å²) in [4.78, 5) is 7.32. The van der Waals surface area contributed by atoms with Crippen molar-refractivity contribution in [1.29, 1.82) is 0 Å². The molecule has 1 N–H and O–H groups in total. The van der Waals surface area contributed by atoms with Gasteiger partial charge in [0, 0.05) is 50.0 Å². The van der Waals surface area contributed by atoms with Crippen LogP contribution < -0.4 is 5.32 Å². The first-order chi connectivity index (χ1) is 13.7. The zero-order chi connectivity index (χ0) is 19.1. The Kier molecular flexibility index (Phi) is 4.69. The lowest BCUT2D eigenvalue weighted by Crippen LogP contribution is -2.47. The second-order valence-corrected chi connectivity index (χ2v) is 8.40. The van der Waals surface area contributed by atoms with E-state index in [-0.39, 0.29) is 0 Å². The molecule has 4 nitrogen and oxygen atoms in total. The third kappa shape index (κ3) is 3.05. The molecular formula is C24H30N4. The van der Waals surface area contributed by atoms with Crippen LogP contribution in [0, 0.1) is 13.8 Å². The van der Waals surface area contributed by atoms with Crippen molar-refractivity contribution in [3.63, 3.8) is 0 Å². The lowest BCUT2D eigenvalue weighted by molar-refractivity contribution is 0.160. The number of aryl methyl sites for hydroxylation is 3. The second kappa shape index (κ2) is 7.34. The summed E-state index contributed by atoms with van der Waals surface area (Å²) in [6, 6.07) is 11.6. The summed E-state index contributed by atoms with van der Waals surface area (Å²) in [6.07, 6.45) is 5.55. The Balaban J connectivity index is 1.43. The van der Waals surface area contributed by atoms with Crippen LogP contribution in [-0.2, 0) is 19.4 Å². The van der Waals surface area contributed by atoms with Gasteiger partial charge in [-0.15, -0.1) is 0 Å². The van der Waals surface area contributed by atoms with Crippen LogP contribution in [0.2, 0.25) is 0 Å². The number of aromatic nitrogens is 2. The Labute approximate surface area is 167 Å². The van der Waals surface area contributed by atoms with E-state index in [1.165, 1.54) is 52.8 Å². The maximum Gasteiger partial charge on any atom is 0.0647 e. The highest BCUT2D eigenvalue weighted by atomic mass is 15.2. The zero-order valence-corrected chi connectivity index (χ0v) is 17.0. The van der Waals surface area contributed by atoms with Crippen molar-refractivity contribution in [3.8, 4) is 0 Å². The molecule has 0 bridgehead atoms. The Hall–Kier alpha value is -2.17. The molecule has 4 heteroatoms. The molecule has 1 saturated heterocycles. The topological polar surface area (TPSA) is 33.1 Å². The van der Waals surface area contributed by atoms with Crippen molar-refractivity contribution in [3.05, 3.63) is 64.6 Å². The molecule has 3 aromatic rings. The number of hydrogen-bond acceptors (Lipinski definition) is 3. The van der Waals surface area contributed by atoms with E-state index in [1.807, 2.05) is 6.20 Å². The van der Waals surface area contributed by atoms with Gasteiger partial charge >= 0.3 is 0 Å². The fourth-order valence-corrected chi connectivity index (χ4v) is 5.21. The lowest BCUT2D eigenvalue weighted by Gasteiger charge is -2.36. The number of nitrogens with zero attached hydrogens (tertiary/aromatic N) is 3. The second-order valence-electron chi connectivity index (χ2n) is 8.40. The number of hydrogen-bond donors (Lipinski definition) is 1. The highest BCUT2D eigenvalue weighted by Crippen LogP contribution is 2.33. The Bertz CT molecular complexity index is 1000. The van der Waals surface area contributed by atoms with Crippen molar-refractivity contribution in [2.75, 3.05) is 26.2 Å². The first-order valence-corrected chi connectivity index (χ1v) is 10.7. The van der Waals surface area contributed by atoms with Gasteiger partial charge in [-0.1, -0.05) is 18.2 Å². The van der Waals surface area contributed by atoms with E-state index in [9.17, 15) is 0 Å². The van der Waals surface area contributed by atoms with E-state index in [1.54, 1.807) is 5.56 Å². The Morgan fingerprint density at radius 1 is 1.18 bits per heavy atom. The fraction of sp³-hybridized carbons (Fsp3) is 0.458. The monoisotopic (exact) mass is 374 g/mol. The summed E-state index contributed by atoms with van der Waals surface area (Å²) in [5.74, 6) is 0. The van der Waals surface area contributed by atoms with E-state index in [4.69, 9.17) is 0 Å². The average molecular weight is 375 g/mol. The van der Waals surface area contributed by atoms with Crippen LogP contribution in [0.25, 0.3) is 10.9 Å². The molecule has 28 heavy (non-hydrogen) atoms. The standard InChI is InChI=1S/C24H30N4/c1-17-8-10-26-22(15-17)23-16-25-11-14-27(23)13-9-20-18(2)28-12-4-6-19-5-3-7-21(20)24(19)28/h3,5,7-8,10,15,23,25H,4,6,9,11-14,16H2,1-2H3. The first kappa shape index (κ1) is 17.9. The molecule has 1 unspecified atom stereocenters. The third-order valence-electron chi connectivity index (χ3n) is 6.67. The van der Waals surface area contributed by atoms with Gasteiger partial charge in [-0.25, -0.2) is 0 Å². The van der Waals surface area contributed by atoms with Crippen molar-refractivity contribution >= 4 is 10.9 Å². The molecule has 0 amide bonds. The molecule has 0 radical (unpaired) electrons. The summed E-state index contributed by atoms with van der Waals surface area (Å²) in [6.45, 7) is 9.87. The van der Waals surface area contributed by atoms with Crippen LogP contribution in [0.1, 0.15) is 40.5 Å². The molecule has 0 aliphatic carbocycles. The van der Waals surface area contributed by atoms with E-state index in [0.717, 1.165) is 32.6 Å². The molecule has 1 fully saturated rings. The minimum absolute atomic E-state index is 0.369. The molecule has 146 valence electrons. The number of nitrogens with one attached hydrogen (secondary N) is 1. The first-order valence-electron chi connectivity index (χ1n) is 10.7. The molecule has 1 atom stereocenters. The van der Waals surface area contributed by atoms with Crippen molar-refractivity contribution < 1.29 is 0 Å². The predicted octanol–water partition coefficient (Wildman–Crippen LogP) is 3.79. The van der Waals surface area contributed by atoms with Gasteiger partial charge in [0.25, 0.3) is 0 Å². The molecule has 1 aromatic carbocycles. The Morgan fingerprint density at radius 2 is 2.11 bits per heavy atom. The Morgan fingerprint density at radius 3 is 3.00 bits per heavy atom. The van der Waals surface area contributed by atoms with Crippen LogP contribution in [0.4, 0.5) is 0 Å². The van der Waals surface area contributed by atoms with Gasteiger partial charge in [0.1, 0.15) is 0 Å². The lowest BCUT2D eigenvalue weighted by atomic mass is 10.0. The van der Waals surface area contributed by atoms with E-state index in [2.05, 4.69) is 63.9 Å². The number of para-hydroxylation sites is 1. The van der Waals surface area contributed by atoms with Gasteiger partial charge in [-0.2, -0.15) is 0 Å². The van der Waals surface area contributed by atoms with Crippen LogP contribution >= 0.6 is 0 Å². The predicted molar refractivity (Wildman–Crippen MR) is 115 cm³/mol. The summed E-state index contributed by atoms with van der Waals surface area (Å²) in [5, 5.41) is 5.05. The highest BCUT2D eigenvalue weighted by molar-refractivity contribution is 5.88. The molecule has 5 rings (SSSR count). The van der Waals surface area contributed by atoms with Crippen LogP contribution in [-0.4, -0.2) is 40.6 Å². The quantitative estimate of drug-likeness (QED) is 0.754. The normalized spacial score (nSPS) is 20.0. The largest absolute Gasteiger partial charge is 0.344 e. The van der Waals surface area contributed by atoms with E-state index in [0.29, 0.717) is 6.04 Å². The minimum atomic E-state index is 0.369. The molecule has 2 aliphatic rings. The summed E-state index contributed by atoms with van der Waals surface area (Å²) >= 11 is 0. The van der Waals surface area contributed by atoms with Gasteiger partial charge in [0.15, 0.2) is 0 Å². The maximum absolute atomic E-state index is 4.69. The average Bonchev–Trinajstić information content (AvgIpc) is 3.00. The van der Waals surface area contributed by atoms with Gasteiger partial charge < -0.3 is 9.88 Å². The van der Waals surface area contributed by atoms with Gasteiger partial charge in [-0.3, -0.25) is 9.88 Å². The van der Waals surface area contributed by atoms with Crippen LogP contribution in [0.15, 0.2) is 36.5 Å². The molecule has 2 aromatic heterocycles. The number of rotatable bonds is 4. The van der Waals surface area contributed by atoms with Crippen LogP contribution in [0.5, 0.6) is 0 Å². The van der Waals surface area contributed by atoms with Gasteiger partial charge in [0.05, 0.1) is 17.3 Å². The maximum atomic E-state index is 4.69. The molecule has 0 spiro atoms. The van der Waals surface area contributed by atoms with E-state index < -0.39 is 0 Å².